The van der Waals surface area contributed by atoms with Gasteiger partial charge in [0.25, 0.3) is 11.2 Å². The maximum absolute atomic E-state index is 12.2. The Morgan fingerprint density at radius 3 is 2.52 bits per heavy atom. The molecule has 0 spiro atoms. The van der Waals surface area contributed by atoms with Gasteiger partial charge in [0.15, 0.2) is 0 Å². The van der Waals surface area contributed by atoms with E-state index in [4.69, 9.17) is 0 Å². The lowest BCUT2D eigenvalue weighted by atomic mass is 9.64. The Hall–Kier alpha value is -2.96. The predicted molar refractivity (Wildman–Crippen MR) is 92.3 cm³/mol. The number of pyridine rings is 1. The van der Waals surface area contributed by atoms with Crippen molar-refractivity contribution in [2.24, 2.45) is 0 Å². The van der Waals surface area contributed by atoms with Gasteiger partial charge in [0.2, 0.25) is 5.91 Å². The van der Waals surface area contributed by atoms with Gasteiger partial charge in [-0.15, -0.1) is 0 Å². The van der Waals surface area contributed by atoms with Gasteiger partial charge in [-0.1, -0.05) is 36.8 Å². The third kappa shape index (κ3) is 3.60. The average Bonchev–Trinajstić information content (AvgIpc) is 2.56. The second kappa shape index (κ2) is 6.88. The zero-order chi connectivity index (χ0) is 17.9. The molecule has 0 atom stereocenters. The number of carbonyl (C=O) groups excluding carboxylic acids is 1. The van der Waals surface area contributed by atoms with E-state index in [9.17, 15) is 19.7 Å². The number of carbonyl (C=O) groups is 1. The molecule has 1 amide bonds. The fourth-order valence-electron chi connectivity index (χ4n) is 3.19. The van der Waals surface area contributed by atoms with Crippen LogP contribution >= 0.6 is 0 Å². The first-order valence-electron chi connectivity index (χ1n) is 8.17. The minimum Gasteiger partial charge on any atom is -0.354 e. The maximum Gasteiger partial charge on any atom is 0.285 e. The van der Waals surface area contributed by atoms with Crippen LogP contribution in [0.15, 0.2) is 53.5 Å². The molecule has 1 aliphatic carbocycles. The van der Waals surface area contributed by atoms with E-state index >= 15 is 0 Å². The van der Waals surface area contributed by atoms with Crippen LogP contribution in [0.2, 0.25) is 0 Å². The van der Waals surface area contributed by atoms with Gasteiger partial charge in [-0.3, -0.25) is 24.3 Å². The summed E-state index contributed by atoms with van der Waals surface area (Å²) in [5, 5.41) is 13.7. The van der Waals surface area contributed by atoms with Crippen LogP contribution in [0.1, 0.15) is 24.8 Å². The van der Waals surface area contributed by atoms with E-state index in [0.717, 1.165) is 42.2 Å². The Labute approximate surface area is 144 Å². The molecule has 7 nitrogen and oxygen atoms in total. The quantitative estimate of drug-likeness (QED) is 0.642. The largest absolute Gasteiger partial charge is 0.354 e. The normalized spacial score (nSPS) is 15.2. The van der Waals surface area contributed by atoms with E-state index in [2.05, 4.69) is 17.4 Å². The van der Waals surface area contributed by atoms with Crippen molar-refractivity contribution in [1.29, 1.82) is 0 Å². The van der Waals surface area contributed by atoms with Crippen molar-refractivity contribution in [3.8, 4) is 0 Å². The molecule has 0 bridgehead atoms. The highest BCUT2D eigenvalue weighted by Gasteiger charge is 2.38. The third-order valence-electron chi connectivity index (χ3n) is 4.81. The summed E-state index contributed by atoms with van der Waals surface area (Å²) in [4.78, 5) is 34.2. The van der Waals surface area contributed by atoms with Crippen molar-refractivity contribution in [1.82, 2.24) is 9.88 Å². The van der Waals surface area contributed by atoms with E-state index in [0.29, 0.717) is 6.54 Å². The van der Waals surface area contributed by atoms with Crippen LogP contribution in [0.5, 0.6) is 0 Å². The fourth-order valence-corrected chi connectivity index (χ4v) is 3.19. The second-order valence-electron chi connectivity index (χ2n) is 6.39. The van der Waals surface area contributed by atoms with Gasteiger partial charge in [0.1, 0.15) is 6.54 Å². The molecule has 1 aromatic heterocycles. The van der Waals surface area contributed by atoms with E-state index in [-0.39, 0.29) is 23.6 Å². The summed E-state index contributed by atoms with van der Waals surface area (Å²) in [5.41, 5.74) is 0.494. The average molecular weight is 341 g/mol. The monoisotopic (exact) mass is 341 g/mol. The molecule has 0 unspecified atom stereocenters. The van der Waals surface area contributed by atoms with Crippen molar-refractivity contribution in [3.05, 3.63) is 74.7 Å². The molecule has 7 heteroatoms. The summed E-state index contributed by atoms with van der Waals surface area (Å²) in [6, 6.07) is 12.3. The van der Waals surface area contributed by atoms with Gasteiger partial charge in [-0.05, 0) is 18.4 Å². The van der Waals surface area contributed by atoms with Gasteiger partial charge in [0, 0.05) is 24.1 Å². The maximum atomic E-state index is 12.2. The SMILES string of the molecule is O=C(Cn1cc([N+](=O)[O-])ccc1=O)NCC1(c2ccccc2)CCC1. The molecule has 1 N–H and O–H groups in total. The van der Waals surface area contributed by atoms with Gasteiger partial charge in [-0.25, -0.2) is 0 Å². The van der Waals surface area contributed by atoms with Crippen LogP contribution in [0, 0.1) is 10.1 Å². The molecule has 0 radical (unpaired) electrons. The Kier molecular flexibility index (Phi) is 4.65. The summed E-state index contributed by atoms with van der Waals surface area (Å²) in [6.07, 6.45) is 4.23. The molecule has 2 aromatic rings. The number of nitro groups is 1. The highest BCUT2D eigenvalue weighted by molar-refractivity contribution is 5.76. The fraction of sp³-hybridized carbons (Fsp3) is 0.333. The topological polar surface area (TPSA) is 94.2 Å². The zero-order valence-corrected chi connectivity index (χ0v) is 13.7. The van der Waals surface area contributed by atoms with Gasteiger partial charge < -0.3 is 5.32 Å². The highest BCUT2D eigenvalue weighted by Crippen LogP contribution is 2.43. The number of aromatic nitrogens is 1. The van der Waals surface area contributed by atoms with Crippen molar-refractivity contribution in [2.75, 3.05) is 6.54 Å². The summed E-state index contributed by atoms with van der Waals surface area (Å²) in [6.45, 7) is 0.269. The molecule has 0 saturated heterocycles. The lowest BCUT2D eigenvalue weighted by Gasteiger charge is -2.42. The van der Waals surface area contributed by atoms with Gasteiger partial charge >= 0.3 is 0 Å². The molecule has 1 heterocycles. The number of hydrogen-bond donors (Lipinski definition) is 1. The lowest BCUT2D eigenvalue weighted by Crippen LogP contribution is -2.46. The summed E-state index contributed by atoms with van der Waals surface area (Å²) >= 11 is 0. The Bertz CT molecular complexity index is 841. The molecule has 130 valence electrons. The van der Waals surface area contributed by atoms with Crippen LogP contribution in [0.3, 0.4) is 0 Å². The number of hydrogen-bond acceptors (Lipinski definition) is 4. The zero-order valence-electron chi connectivity index (χ0n) is 13.7. The minimum atomic E-state index is -0.591. The van der Waals surface area contributed by atoms with Crippen LogP contribution in [0.4, 0.5) is 5.69 Å². The molecule has 25 heavy (non-hydrogen) atoms. The molecular weight excluding hydrogens is 322 g/mol. The predicted octanol–water partition coefficient (Wildman–Crippen LogP) is 1.99. The van der Waals surface area contributed by atoms with Crippen LogP contribution in [-0.4, -0.2) is 21.9 Å². The number of rotatable bonds is 6. The minimum absolute atomic E-state index is 0.0510. The first kappa shape index (κ1) is 16.9. The molecule has 1 aliphatic rings. The molecule has 1 fully saturated rings. The van der Waals surface area contributed by atoms with Crippen LogP contribution in [-0.2, 0) is 16.8 Å². The van der Waals surface area contributed by atoms with E-state index < -0.39 is 10.5 Å². The number of benzene rings is 1. The van der Waals surface area contributed by atoms with Gasteiger partial charge in [0.05, 0.1) is 11.1 Å². The molecular formula is C18H19N3O4. The Balaban J connectivity index is 1.66. The van der Waals surface area contributed by atoms with E-state index in [1.807, 2.05) is 18.2 Å². The standard InChI is InChI=1S/C18H19N3O4/c22-16(12-20-11-15(21(24)25)7-8-17(20)23)19-13-18(9-4-10-18)14-5-2-1-3-6-14/h1-3,5-8,11H,4,9-10,12-13H2,(H,19,22). The van der Waals surface area contributed by atoms with Gasteiger partial charge in [-0.2, -0.15) is 0 Å². The Morgan fingerprint density at radius 1 is 1.20 bits per heavy atom. The number of nitrogens with zero attached hydrogens (tertiary/aromatic N) is 2. The van der Waals surface area contributed by atoms with Crippen molar-refractivity contribution >= 4 is 11.6 Å². The smallest absolute Gasteiger partial charge is 0.285 e. The first-order chi connectivity index (χ1) is 12.0. The van der Waals surface area contributed by atoms with Crippen molar-refractivity contribution in [2.45, 2.75) is 31.2 Å². The first-order valence-corrected chi connectivity index (χ1v) is 8.17. The van der Waals surface area contributed by atoms with Crippen molar-refractivity contribution < 1.29 is 9.72 Å². The summed E-state index contributed by atoms with van der Waals surface area (Å²) in [5.74, 6) is -0.329. The highest BCUT2D eigenvalue weighted by atomic mass is 16.6. The molecule has 1 aromatic carbocycles. The lowest BCUT2D eigenvalue weighted by molar-refractivity contribution is -0.385. The van der Waals surface area contributed by atoms with Crippen molar-refractivity contribution in [3.63, 3.8) is 0 Å². The molecule has 0 aliphatic heterocycles. The molecule has 1 saturated carbocycles. The summed E-state index contributed by atoms with van der Waals surface area (Å²) < 4.78 is 1.06. The van der Waals surface area contributed by atoms with E-state index in [1.54, 1.807) is 0 Å². The van der Waals surface area contributed by atoms with E-state index in [1.165, 1.54) is 5.56 Å². The third-order valence-corrected chi connectivity index (χ3v) is 4.81. The summed E-state index contributed by atoms with van der Waals surface area (Å²) in [7, 11) is 0. The van der Waals surface area contributed by atoms with Crippen LogP contribution in [0.25, 0.3) is 0 Å². The second-order valence-corrected chi connectivity index (χ2v) is 6.39. The molecule has 3 rings (SSSR count). The van der Waals surface area contributed by atoms with Crippen LogP contribution < -0.4 is 10.9 Å². The number of amides is 1. The Morgan fingerprint density at radius 2 is 1.92 bits per heavy atom. The number of nitrogens with one attached hydrogen (secondary N) is 1.